The Labute approximate surface area is 130 Å². The summed E-state index contributed by atoms with van der Waals surface area (Å²) in [5.41, 5.74) is 1.12. The molecule has 2 aromatic rings. The summed E-state index contributed by atoms with van der Waals surface area (Å²) in [4.78, 5) is 11.3. The van der Waals surface area contributed by atoms with Crippen molar-refractivity contribution in [2.24, 2.45) is 0 Å². The summed E-state index contributed by atoms with van der Waals surface area (Å²) in [6.07, 6.45) is 6.49. The van der Waals surface area contributed by atoms with E-state index in [4.69, 9.17) is 4.74 Å². The lowest BCUT2D eigenvalue weighted by Crippen LogP contribution is -2.51. The minimum absolute atomic E-state index is 0.0480. The molecule has 1 aliphatic heterocycles. The smallest absolute Gasteiger partial charge is 0.254 e. The van der Waals surface area contributed by atoms with E-state index in [1.54, 1.807) is 6.33 Å². The molecule has 0 unspecified atom stereocenters. The number of hydrogen-bond acceptors (Lipinski definition) is 5. The van der Waals surface area contributed by atoms with Crippen molar-refractivity contribution < 1.29 is 4.74 Å². The van der Waals surface area contributed by atoms with Crippen LogP contribution in [0, 0.1) is 0 Å². The fourth-order valence-corrected chi connectivity index (χ4v) is 3.70. The summed E-state index contributed by atoms with van der Waals surface area (Å²) in [6.45, 7) is 6.96. The monoisotopic (exact) mass is 301 g/mol. The molecule has 0 radical (unpaired) electrons. The quantitative estimate of drug-likeness (QED) is 0.852. The van der Waals surface area contributed by atoms with Gasteiger partial charge < -0.3 is 9.64 Å². The molecule has 1 saturated heterocycles. The molecule has 1 saturated carbocycles. The third-order valence-electron chi connectivity index (χ3n) is 4.93. The number of morpholine rings is 1. The van der Waals surface area contributed by atoms with Crippen molar-refractivity contribution >= 4 is 11.6 Å². The van der Waals surface area contributed by atoms with Crippen molar-refractivity contribution in [3.05, 3.63) is 18.1 Å². The second-order valence-corrected chi connectivity index (χ2v) is 6.83. The molecular formula is C16H23N5O. The lowest BCUT2D eigenvalue weighted by Gasteiger charge is -2.41. The lowest BCUT2D eigenvalue weighted by atomic mass is 9.99. The first-order chi connectivity index (χ1) is 10.7. The Balaban J connectivity index is 1.74. The van der Waals surface area contributed by atoms with E-state index in [2.05, 4.69) is 39.9 Å². The molecule has 6 heteroatoms. The molecular weight excluding hydrogens is 278 g/mol. The first kappa shape index (κ1) is 13.9. The molecule has 2 fully saturated rings. The van der Waals surface area contributed by atoms with Gasteiger partial charge in [0.2, 0.25) is 0 Å². The van der Waals surface area contributed by atoms with Gasteiger partial charge in [-0.1, -0.05) is 26.7 Å². The Morgan fingerprint density at radius 3 is 2.86 bits per heavy atom. The van der Waals surface area contributed by atoms with E-state index in [-0.39, 0.29) is 5.60 Å². The second kappa shape index (κ2) is 5.19. The molecule has 0 bridgehead atoms. The normalized spacial score (nSPS) is 21.3. The van der Waals surface area contributed by atoms with Gasteiger partial charge in [0, 0.05) is 19.2 Å². The molecule has 6 nitrogen and oxygen atoms in total. The van der Waals surface area contributed by atoms with Gasteiger partial charge in [-0.2, -0.15) is 14.6 Å². The summed E-state index contributed by atoms with van der Waals surface area (Å²) in [6, 6.07) is 2.17. The maximum Gasteiger partial charge on any atom is 0.254 e. The number of anilines is 1. The first-order valence-corrected chi connectivity index (χ1v) is 8.26. The van der Waals surface area contributed by atoms with Crippen LogP contribution in [0.1, 0.15) is 51.1 Å². The van der Waals surface area contributed by atoms with E-state index < -0.39 is 0 Å². The Morgan fingerprint density at radius 1 is 1.27 bits per heavy atom. The highest BCUT2D eigenvalue weighted by molar-refractivity contribution is 5.48. The Kier molecular flexibility index (Phi) is 3.29. The number of rotatable bonds is 2. The lowest BCUT2D eigenvalue weighted by molar-refractivity contribution is -0.0504. The summed E-state index contributed by atoms with van der Waals surface area (Å²) >= 11 is 0. The summed E-state index contributed by atoms with van der Waals surface area (Å²) < 4.78 is 8.01. The molecule has 0 amide bonds. The van der Waals surface area contributed by atoms with E-state index in [1.165, 1.54) is 25.7 Å². The van der Waals surface area contributed by atoms with Gasteiger partial charge >= 0.3 is 0 Å². The van der Waals surface area contributed by atoms with E-state index in [1.807, 2.05) is 4.52 Å². The standard InChI is InChI=1S/C16H23N5O/c1-12(2)13-9-14(21-15(19-13)17-11-18-21)20-7-8-22-16(10-20)5-3-4-6-16/h9,11-12H,3-8,10H2,1-2H3. The van der Waals surface area contributed by atoms with E-state index in [0.29, 0.717) is 11.7 Å². The summed E-state index contributed by atoms with van der Waals surface area (Å²) in [5, 5.41) is 4.37. The summed E-state index contributed by atoms with van der Waals surface area (Å²) in [7, 11) is 0. The van der Waals surface area contributed by atoms with Crippen LogP contribution in [0.25, 0.3) is 5.78 Å². The fourth-order valence-electron chi connectivity index (χ4n) is 3.70. The third kappa shape index (κ3) is 2.26. The molecule has 4 rings (SSSR count). The molecule has 2 aliphatic rings. The van der Waals surface area contributed by atoms with E-state index in [9.17, 15) is 0 Å². The van der Waals surface area contributed by atoms with Crippen LogP contribution in [0.15, 0.2) is 12.4 Å². The van der Waals surface area contributed by atoms with Gasteiger partial charge in [-0.05, 0) is 18.8 Å². The number of aromatic nitrogens is 4. The zero-order valence-electron chi connectivity index (χ0n) is 13.3. The molecule has 118 valence electrons. The van der Waals surface area contributed by atoms with E-state index >= 15 is 0 Å². The fraction of sp³-hybridized carbons (Fsp3) is 0.688. The molecule has 3 heterocycles. The molecule has 0 N–H and O–H groups in total. The molecule has 2 aromatic heterocycles. The molecule has 1 spiro atoms. The van der Waals surface area contributed by atoms with Gasteiger partial charge in [0.1, 0.15) is 12.1 Å². The maximum atomic E-state index is 6.15. The Morgan fingerprint density at radius 2 is 2.09 bits per heavy atom. The van der Waals surface area contributed by atoms with Crippen LogP contribution in [-0.4, -0.2) is 44.9 Å². The summed E-state index contributed by atoms with van der Waals surface area (Å²) in [5.74, 6) is 2.16. The minimum atomic E-state index is 0.0480. The van der Waals surface area contributed by atoms with Crippen molar-refractivity contribution in [3.63, 3.8) is 0 Å². The molecule has 0 aromatic carbocycles. The SMILES string of the molecule is CC(C)c1cc(N2CCOC3(CCCC3)C2)n2ncnc2n1. The Hall–Kier alpha value is -1.69. The largest absolute Gasteiger partial charge is 0.371 e. The molecule has 22 heavy (non-hydrogen) atoms. The Bertz CT molecular complexity index is 674. The predicted octanol–water partition coefficient (Wildman–Crippen LogP) is 2.40. The van der Waals surface area contributed by atoms with Gasteiger partial charge in [-0.15, -0.1) is 0 Å². The van der Waals surface area contributed by atoms with Gasteiger partial charge in [0.25, 0.3) is 5.78 Å². The van der Waals surface area contributed by atoms with Crippen molar-refractivity contribution in [2.75, 3.05) is 24.6 Å². The first-order valence-electron chi connectivity index (χ1n) is 8.26. The third-order valence-corrected chi connectivity index (χ3v) is 4.93. The van der Waals surface area contributed by atoms with Crippen molar-refractivity contribution in [2.45, 2.75) is 51.0 Å². The van der Waals surface area contributed by atoms with E-state index in [0.717, 1.165) is 31.2 Å². The van der Waals surface area contributed by atoms with Crippen LogP contribution in [0.3, 0.4) is 0 Å². The van der Waals surface area contributed by atoms with Crippen LogP contribution < -0.4 is 4.90 Å². The average molecular weight is 301 g/mol. The van der Waals surface area contributed by atoms with Gasteiger partial charge in [-0.3, -0.25) is 0 Å². The molecule has 0 atom stereocenters. The maximum absolute atomic E-state index is 6.15. The number of hydrogen-bond donors (Lipinski definition) is 0. The van der Waals surface area contributed by atoms with Crippen LogP contribution in [0.2, 0.25) is 0 Å². The van der Waals surface area contributed by atoms with Gasteiger partial charge in [-0.25, -0.2) is 4.98 Å². The highest BCUT2D eigenvalue weighted by Crippen LogP contribution is 2.37. The molecule has 1 aliphatic carbocycles. The van der Waals surface area contributed by atoms with Crippen molar-refractivity contribution in [1.29, 1.82) is 0 Å². The number of fused-ring (bicyclic) bond motifs is 1. The zero-order chi connectivity index (χ0) is 15.2. The topological polar surface area (TPSA) is 55.6 Å². The predicted molar refractivity (Wildman–Crippen MR) is 84.2 cm³/mol. The van der Waals surface area contributed by atoms with Gasteiger partial charge in [0.05, 0.1) is 17.9 Å². The number of ether oxygens (including phenoxy) is 1. The van der Waals surface area contributed by atoms with Crippen molar-refractivity contribution in [1.82, 2.24) is 19.6 Å². The highest BCUT2D eigenvalue weighted by atomic mass is 16.5. The average Bonchev–Trinajstić information content (AvgIpc) is 3.15. The van der Waals surface area contributed by atoms with Crippen LogP contribution in [-0.2, 0) is 4.74 Å². The van der Waals surface area contributed by atoms with Crippen LogP contribution in [0.4, 0.5) is 5.82 Å². The van der Waals surface area contributed by atoms with Gasteiger partial charge in [0.15, 0.2) is 0 Å². The minimum Gasteiger partial charge on any atom is -0.371 e. The highest BCUT2D eigenvalue weighted by Gasteiger charge is 2.40. The van der Waals surface area contributed by atoms with Crippen LogP contribution >= 0.6 is 0 Å². The zero-order valence-corrected chi connectivity index (χ0v) is 13.3. The van der Waals surface area contributed by atoms with Crippen LogP contribution in [0.5, 0.6) is 0 Å². The second-order valence-electron chi connectivity index (χ2n) is 6.83. The number of nitrogens with zero attached hydrogens (tertiary/aromatic N) is 5. The van der Waals surface area contributed by atoms with Crippen molar-refractivity contribution in [3.8, 4) is 0 Å².